The number of halogens is 1. The summed E-state index contributed by atoms with van der Waals surface area (Å²) in [6.07, 6.45) is 0. The Hall–Kier alpha value is -0.970. The van der Waals surface area contributed by atoms with E-state index in [0.29, 0.717) is 19.8 Å². The average Bonchev–Trinajstić information content (AvgIpc) is 2.39. The van der Waals surface area contributed by atoms with Gasteiger partial charge in [-0.3, -0.25) is 0 Å². The molecule has 0 heterocycles. The van der Waals surface area contributed by atoms with Crippen molar-refractivity contribution in [3.63, 3.8) is 0 Å². The SMILES string of the molecule is COCC(Cl)CNCCOc1ccc(OC)cc1. The predicted molar refractivity (Wildman–Crippen MR) is 72.9 cm³/mol. The van der Waals surface area contributed by atoms with Gasteiger partial charge in [0.05, 0.1) is 19.1 Å². The molecule has 4 nitrogen and oxygen atoms in total. The quantitative estimate of drug-likeness (QED) is 0.551. The molecule has 1 aromatic carbocycles. The van der Waals surface area contributed by atoms with Crippen molar-refractivity contribution < 1.29 is 14.2 Å². The number of ether oxygens (including phenoxy) is 3. The Bertz CT molecular complexity index is 319. The molecule has 5 heteroatoms. The number of nitrogens with one attached hydrogen (secondary N) is 1. The van der Waals surface area contributed by atoms with Crippen LogP contribution in [0.15, 0.2) is 24.3 Å². The molecule has 0 radical (unpaired) electrons. The molecule has 0 spiro atoms. The van der Waals surface area contributed by atoms with Crippen molar-refractivity contribution in [2.24, 2.45) is 0 Å². The first-order chi connectivity index (χ1) is 8.76. The molecular weight excluding hydrogens is 254 g/mol. The van der Waals surface area contributed by atoms with E-state index in [0.717, 1.165) is 18.0 Å². The van der Waals surface area contributed by atoms with E-state index in [9.17, 15) is 0 Å². The molecule has 0 saturated carbocycles. The van der Waals surface area contributed by atoms with Gasteiger partial charge in [-0.2, -0.15) is 0 Å². The van der Waals surface area contributed by atoms with Gasteiger partial charge in [0.2, 0.25) is 0 Å². The molecule has 102 valence electrons. The summed E-state index contributed by atoms with van der Waals surface area (Å²) in [5.41, 5.74) is 0. The molecule has 0 aliphatic rings. The van der Waals surface area contributed by atoms with E-state index in [1.54, 1.807) is 14.2 Å². The van der Waals surface area contributed by atoms with Crippen molar-refractivity contribution in [1.82, 2.24) is 5.32 Å². The van der Waals surface area contributed by atoms with Crippen molar-refractivity contribution in [3.8, 4) is 11.5 Å². The van der Waals surface area contributed by atoms with Crippen LogP contribution in [0.25, 0.3) is 0 Å². The van der Waals surface area contributed by atoms with Gasteiger partial charge in [-0.1, -0.05) is 0 Å². The van der Waals surface area contributed by atoms with Gasteiger partial charge in [-0.15, -0.1) is 11.6 Å². The monoisotopic (exact) mass is 273 g/mol. The lowest BCUT2D eigenvalue weighted by Gasteiger charge is -2.10. The maximum Gasteiger partial charge on any atom is 0.119 e. The summed E-state index contributed by atoms with van der Waals surface area (Å²) >= 11 is 5.97. The highest BCUT2D eigenvalue weighted by Crippen LogP contribution is 2.16. The van der Waals surface area contributed by atoms with Crippen LogP contribution in [0, 0.1) is 0 Å². The zero-order chi connectivity index (χ0) is 13.2. The molecule has 0 aromatic heterocycles. The van der Waals surface area contributed by atoms with Crippen LogP contribution in [0.4, 0.5) is 0 Å². The smallest absolute Gasteiger partial charge is 0.119 e. The van der Waals surface area contributed by atoms with Gasteiger partial charge in [0.25, 0.3) is 0 Å². The van der Waals surface area contributed by atoms with E-state index >= 15 is 0 Å². The average molecular weight is 274 g/mol. The van der Waals surface area contributed by atoms with Crippen LogP contribution in [0.3, 0.4) is 0 Å². The summed E-state index contributed by atoms with van der Waals surface area (Å²) in [5, 5.41) is 3.20. The van der Waals surface area contributed by atoms with Crippen LogP contribution in [0.1, 0.15) is 0 Å². The molecule has 0 bridgehead atoms. The van der Waals surface area contributed by atoms with E-state index in [-0.39, 0.29) is 5.38 Å². The highest BCUT2D eigenvalue weighted by molar-refractivity contribution is 6.20. The Balaban J connectivity index is 2.10. The summed E-state index contributed by atoms with van der Waals surface area (Å²) < 4.78 is 15.6. The lowest BCUT2D eigenvalue weighted by Crippen LogP contribution is -2.29. The zero-order valence-corrected chi connectivity index (χ0v) is 11.6. The molecule has 1 aromatic rings. The number of alkyl halides is 1. The van der Waals surface area contributed by atoms with Gasteiger partial charge in [0.15, 0.2) is 0 Å². The minimum Gasteiger partial charge on any atom is -0.497 e. The molecule has 0 aliphatic carbocycles. The Kier molecular flexibility index (Phi) is 7.57. The van der Waals surface area contributed by atoms with E-state index < -0.39 is 0 Å². The van der Waals surface area contributed by atoms with Gasteiger partial charge in [0, 0.05) is 20.2 Å². The number of rotatable bonds is 9. The first-order valence-corrected chi connectivity index (χ1v) is 6.30. The Labute approximate surface area is 113 Å². The lowest BCUT2D eigenvalue weighted by atomic mass is 10.3. The maximum atomic E-state index is 5.97. The Morgan fingerprint density at radius 3 is 2.44 bits per heavy atom. The largest absolute Gasteiger partial charge is 0.497 e. The summed E-state index contributed by atoms with van der Waals surface area (Å²) in [6, 6.07) is 7.51. The molecule has 0 aliphatic heterocycles. The van der Waals surface area contributed by atoms with Crippen molar-refractivity contribution in [1.29, 1.82) is 0 Å². The standard InChI is InChI=1S/C13H20ClNO3/c1-16-10-11(14)9-15-7-8-18-13-5-3-12(17-2)4-6-13/h3-6,11,15H,7-10H2,1-2H3. The van der Waals surface area contributed by atoms with Crippen LogP contribution in [0.2, 0.25) is 0 Å². The number of benzene rings is 1. The molecule has 1 rings (SSSR count). The highest BCUT2D eigenvalue weighted by Gasteiger charge is 2.02. The number of methoxy groups -OCH3 is 2. The Morgan fingerprint density at radius 1 is 1.17 bits per heavy atom. The first kappa shape index (κ1) is 15.1. The fraction of sp³-hybridized carbons (Fsp3) is 0.538. The molecule has 1 unspecified atom stereocenters. The molecule has 0 saturated heterocycles. The summed E-state index contributed by atoms with van der Waals surface area (Å²) in [7, 11) is 3.28. The minimum atomic E-state index is -0.00372. The van der Waals surface area contributed by atoms with Gasteiger partial charge in [0.1, 0.15) is 18.1 Å². The normalized spacial score (nSPS) is 12.2. The van der Waals surface area contributed by atoms with Crippen LogP contribution < -0.4 is 14.8 Å². The summed E-state index contributed by atoms with van der Waals surface area (Å²) in [4.78, 5) is 0. The lowest BCUT2D eigenvalue weighted by molar-refractivity contribution is 0.196. The molecule has 0 fully saturated rings. The second-order valence-electron chi connectivity index (χ2n) is 3.78. The van der Waals surface area contributed by atoms with Crippen LogP contribution in [-0.2, 0) is 4.74 Å². The van der Waals surface area contributed by atoms with E-state index in [4.69, 9.17) is 25.8 Å². The molecule has 1 atom stereocenters. The zero-order valence-electron chi connectivity index (χ0n) is 10.8. The molecule has 18 heavy (non-hydrogen) atoms. The number of hydrogen-bond donors (Lipinski definition) is 1. The van der Waals surface area contributed by atoms with E-state index in [1.165, 1.54) is 0 Å². The fourth-order valence-corrected chi connectivity index (χ4v) is 1.65. The van der Waals surface area contributed by atoms with Crippen molar-refractivity contribution >= 4 is 11.6 Å². The van der Waals surface area contributed by atoms with E-state index in [1.807, 2.05) is 24.3 Å². The van der Waals surface area contributed by atoms with Crippen molar-refractivity contribution in [3.05, 3.63) is 24.3 Å². The third kappa shape index (κ3) is 6.10. The van der Waals surface area contributed by atoms with Gasteiger partial charge in [-0.25, -0.2) is 0 Å². The van der Waals surface area contributed by atoms with Crippen molar-refractivity contribution in [2.75, 3.05) is 40.5 Å². The second kappa shape index (κ2) is 9.03. The molecule has 1 N–H and O–H groups in total. The highest BCUT2D eigenvalue weighted by atomic mass is 35.5. The maximum absolute atomic E-state index is 5.97. The first-order valence-electron chi connectivity index (χ1n) is 5.87. The predicted octanol–water partition coefficient (Wildman–Crippen LogP) is 1.92. The van der Waals surface area contributed by atoms with Crippen molar-refractivity contribution in [2.45, 2.75) is 5.38 Å². The Morgan fingerprint density at radius 2 is 1.83 bits per heavy atom. The van der Waals surface area contributed by atoms with Crippen LogP contribution in [0.5, 0.6) is 11.5 Å². The topological polar surface area (TPSA) is 39.7 Å². The van der Waals surface area contributed by atoms with E-state index in [2.05, 4.69) is 5.32 Å². The minimum absolute atomic E-state index is 0.00372. The van der Waals surface area contributed by atoms with Crippen LogP contribution >= 0.6 is 11.6 Å². The number of hydrogen-bond acceptors (Lipinski definition) is 4. The van der Waals surface area contributed by atoms with Gasteiger partial charge in [-0.05, 0) is 24.3 Å². The molecular formula is C13H20ClNO3. The molecule has 0 amide bonds. The summed E-state index contributed by atoms with van der Waals surface area (Å²) in [6.45, 7) is 2.61. The fourth-order valence-electron chi connectivity index (χ4n) is 1.41. The third-order valence-corrected chi connectivity index (χ3v) is 2.60. The summed E-state index contributed by atoms with van der Waals surface area (Å²) in [5.74, 6) is 1.65. The van der Waals surface area contributed by atoms with Gasteiger partial charge >= 0.3 is 0 Å². The van der Waals surface area contributed by atoms with Gasteiger partial charge < -0.3 is 19.5 Å². The third-order valence-electron chi connectivity index (χ3n) is 2.32. The van der Waals surface area contributed by atoms with Crippen LogP contribution in [-0.4, -0.2) is 45.9 Å². The second-order valence-corrected chi connectivity index (χ2v) is 4.40.